The first-order chi connectivity index (χ1) is 19.3. The average Bonchev–Trinajstić information content (AvgIpc) is 3.57. The highest BCUT2D eigenvalue weighted by Gasteiger charge is 2.78. The molecule has 4 heterocycles. The summed E-state index contributed by atoms with van der Waals surface area (Å²) in [6.07, 6.45) is 2.00. The van der Waals surface area contributed by atoms with E-state index >= 15 is 4.79 Å². The Morgan fingerprint density at radius 3 is 2.45 bits per heavy atom. The van der Waals surface area contributed by atoms with Gasteiger partial charge < -0.3 is 10.2 Å². The van der Waals surface area contributed by atoms with Crippen molar-refractivity contribution in [1.29, 1.82) is 0 Å². The fourth-order valence-electron chi connectivity index (χ4n) is 7.65. The van der Waals surface area contributed by atoms with Gasteiger partial charge in [-0.1, -0.05) is 67.7 Å². The quantitative estimate of drug-likeness (QED) is 0.300. The molecule has 4 atom stereocenters. The van der Waals surface area contributed by atoms with E-state index < -0.39 is 11.0 Å². The summed E-state index contributed by atoms with van der Waals surface area (Å²) in [7, 11) is 2.06. The van der Waals surface area contributed by atoms with E-state index in [0.717, 1.165) is 42.6 Å². The normalized spacial score (nSPS) is 30.9. The monoisotopic (exact) mass is 697 g/mol. The first-order valence-corrected chi connectivity index (χ1v) is 16.3. The number of nitrogens with zero attached hydrogens (tertiary/aromatic N) is 2. The Labute approximate surface area is 259 Å². The Morgan fingerprint density at radius 2 is 1.73 bits per heavy atom. The van der Waals surface area contributed by atoms with Gasteiger partial charge in [0.05, 0.1) is 5.41 Å². The van der Waals surface area contributed by atoms with Crippen LogP contribution in [0.2, 0.25) is 5.02 Å². The maximum atomic E-state index is 15.3. The second-order valence-corrected chi connectivity index (χ2v) is 14.4. The smallest absolute Gasteiger partial charge is 0.250 e. The van der Waals surface area contributed by atoms with Gasteiger partial charge in [0.2, 0.25) is 0 Å². The number of rotatable bonds is 2. The number of piperidine rings is 1. The van der Waals surface area contributed by atoms with Gasteiger partial charge >= 0.3 is 0 Å². The van der Waals surface area contributed by atoms with Gasteiger partial charge in [-0.3, -0.25) is 14.5 Å². The standard InChI is InChI=1S/C31H26Br2ClN3O2S/c1-36-14-20(12-18-2-6-21(32)7-3-18)28(38)30(16-36)27(19-4-8-22(33)9-5-19)26-15-40-17-37(26)31(30)24-13-23(34)10-11-25(24)35-29(31)39/h2-13,26-27H,14-17H2,1H3,(H,35,39)/b20-12+/t26-,27-,30-,31-/m0/s1. The number of carbonyl (C=O) groups is 2. The van der Waals surface area contributed by atoms with E-state index in [2.05, 4.69) is 66.2 Å². The third kappa shape index (κ3) is 3.73. The molecule has 1 amide bonds. The Balaban J connectivity index is 1.53. The number of hydrogen-bond acceptors (Lipinski definition) is 5. The molecule has 0 bridgehead atoms. The third-order valence-electron chi connectivity index (χ3n) is 8.96. The van der Waals surface area contributed by atoms with E-state index in [1.165, 1.54) is 0 Å². The van der Waals surface area contributed by atoms with Crippen LogP contribution < -0.4 is 5.32 Å². The van der Waals surface area contributed by atoms with Gasteiger partial charge in [-0.25, -0.2) is 0 Å². The molecule has 2 spiro atoms. The lowest BCUT2D eigenvalue weighted by atomic mass is 9.55. The molecule has 0 radical (unpaired) electrons. The maximum absolute atomic E-state index is 15.3. The fraction of sp³-hybridized carbons (Fsp3) is 0.290. The van der Waals surface area contributed by atoms with Crippen molar-refractivity contribution in [3.8, 4) is 0 Å². The lowest BCUT2D eigenvalue weighted by Crippen LogP contribution is -2.65. The number of fused-ring (bicyclic) bond motifs is 5. The summed E-state index contributed by atoms with van der Waals surface area (Å²) in [4.78, 5) is 34.4. The van der Waals surface area contributed by atoms with Crippen molar-refractivity contribution in [2.45, 2.75) is 17.5 Å². The Hall–Kier alpha value is -1.94. The molecule has 3 saturated heterocycles. The zero-order chi connectivity index (χ0) is 27.8. The van der Waals surface area contributed by atoms with Crippen LogP contribution in [0.4, 0.5) is 5.69 Å². The number of halogens is 3. The molecule has 0 unspecified atom stereocenters. The van der Waals surface area contributed by atoms with E-state index in [4.69, 9.17) is 11.6 Å². The van der Waals surface area contributed by atoms with Crippen LogP contribution in [0.1, 0.15) is 22.6 Å². The zero-order valence-electron chi connectivity index (χ0n) is 21.7. The van der Waals surface area contributed by atoms with Crippen LogP contribution >= 0.6 is 55.2 Å². The first kappa shape index (κ1) is 26.9. The van der Waals surface area contributed by atoms with Crippen LogP contribution in [-0.2, 0) is 15.1 Å². The number of carbonyl (C=O) groups excluding carboxylic acids is 2. The van der Waals surface area contributed by atoms with Crippen molar-refractivity contribution in [2.24, 2.45) is 5.41 Å². The van der Waals surface area contributed by atoms with Crippen LogP contribution in [0.3, 0.4) is 0 Å². The number of ketones is 1. The van der Waals surface area contributed by atoms with Crippen LogP contribution in [0.15, 0.2) is 81.2 Å². The summed E-state index contributed by atoms with van der Waals surface area (Å²) in [6, 6.07) is 21.9. The Bertz CT molecular complexity index is 1580. The zero-order valence-corrected chi connectivity index (χ0v) is 26.4. The first-order valence-electron chi connectivity index (χ1n) is 13.2. The van der Waals surface area contributed by atoms with Gasteiger partial charge in [0, 0.05) is 67.5 Å². The van der Waals surface area contributed by atoms with Crippen LogP contribution in [0.5, 0.6) is 0 Å². The fourth-order valence-corrected chi connectivity index (χ4v) is 9.65. The van der Waals surface area contributed by atoms with Crippen LogP contribution in [0.25, 0.3) is 6.08 Å². The molecule has 4 aliphatic heterocycles. The lowest BCUT2D eigenvalue weighted by Gasteiger charge is -2.51. The van der Waals surface area contributed by atoms with Crippen molar-refractivity contribution in [3.63, 3.8) is 0 Å². The second-order valence-electron chi connectivity index (χ2n) is 11.1. The number of nitrogens with one attached hydrogen (secondary N) is 1. The second kappa shape index (κ2) is 9.82. The van der Waals surface area contributed by atoms with Gasteiger partial charge in [0.1, 0.15) is 5.54 Å². The number of Topliss-reactive ketones (excluding diaryl/α,β-unsaturated/α-hetero) is 1. The predicted octanol–water partition coefficient (Wildman–Crippen LogP) is 6.77. The summed E-state index contributed by atoms with van der Waals surface area (Å²) >= 11 is 15.5. The highest BCUT2D eigenvalue weighted by Crippen LogP contribution is 2.68. The molecular formula is C31H26Br2ClN3O2S. The molecule has 4 aliphatic rings. The van der Waals surface area contributed by atoms with E-state index in [1.807, 2.05) is 66.4 Å². The predicted molar refractivity (Wildman–Crippen MR) is 169 cm³/mol. The van der Waals surface area contributed by atoms with Crippen molar-refractivity contribution in [3.05, 3.63) is 103 Å². The van der Waals surface area contributed by atoms with Crippen LogP contribution in [0, 0.1) is 5.41 Å². The minimum absolute atomic E-state index is 0.00578. The maximum Gasteiger partial charge on any atom is 0.250 e. The molecule has 0 saturated carbocycles. The van der Waals surface area contributed by atoms with Gasteiger partial charge in [0.25, 0.3) is 5.91 Å². The average molecular weight is 700 g/mol. The molecule has 40 heavy (non-hydrogen) atoms. The largest absolute Gasteiger partial charge is 0.324 e. The molecule has 5 nitrogen and oxygen atoms in total. The highest BCUT2D eigenvalue weighted by atomic mass is 79.9. The van der Waals surface area contributed by atoms with Crippen molar-refractivity contribution >= 4 is 78.7 Å². The van der Waals surface area contributed by atoms with Crippen molar-refractivity contribution < 1.29 is 9.59 Å². The van der Waals surface area contributed by atoms with Gasteiger partial charge in [-0.15, -0.1) is 11.8 Å². The number of benzene rings is 3. The number of thioether (sulfide) groups is 1. The van der Waals surface area contributed by atoms with E-state index in [9.17, 15) is 4.79 Å². The molecule has 3 aromatic carbocycles. The highest BCUT2D eigenvalue weighted by molar-refractivity contribution is 9.10. The summed E-state index contributed by atoms with van der Waals surface area (Å²) in [5.74, 6) is 1.22. The Morgan fingerprint density at radius 1 is 1.02 bits per heavy atom. The number of anilines is 1. The molecule has 0 aliphatic carbocycles. The number of likely N-dealkylation sites (N-methyl/N-ethyl adjacent to an activating group) is 1. The Kier molecular flexibility index (Phi) is 6.61. The summed E-state index contributed by atoms with van der Waals surface area (Å²) in [5.41, 5.74) is 2.04. The SMILES string of the molecule is CN1C/C(=C\c2ccc(Br)cc2)C(=O)[C@]2(C1)[C@@H](c1ccc(Br)cc1)[C@@H]1CSCN1[C@@]21C(=O)Nc2ccc(Cl)cc21. The molecular weight excluding hydrogens is 674 g/mol. The van der Waals surface area contributed by atoms with Gasteiger partial charge in [-0.05, 0) is 66.7 Å². The molecule has 3 fully saturated rings. The molecule has 3 aromatic rings. The third-order valence-corrected chi connectivity index (χ3v) is 11.3. The molecule has 9 heteroatoms. The van der Waals surface area contributed by atoms with E-state index in [-0.39, 0.29) is 23.7 Å². The summed E-state index contributed by atoms with van der Waals surface area (Å²) in [6.45, 7) is 0.977. The molecule has 7 rings (SSSR count). The van der Waals surface area contributed by atoms with Gasteiger partial charge in [-0.2, -0.15) is 0 Å². The summed E-state index contributed by atoms with van der Waals surface area (Å²) < 4.78 is 1.96. The van der Waals surface area contributed by atoms with Gasteiger partial charge in [0.15, 0.2) is 5.78 Å². The van der Waals surface area contributed by atoms with Crippen molar-refractivity contribution in [1.82, 2.24) is 9.80 Å². The van der Waals surface area contributed by atoms with Crippen LogP contribution in [-0.4, -0.2) is 59.3 Å². The number of hydrogen-bond donors (Lipinski definition) is 1. The number of likely N-dealkylation sites (tertiary alicyclic amines) is 1. The molecule has 0 aromatic heterocycles. The minimum atomic E-state index is -1.19. The molecule has 204 valence electrons. The summed E-state index contributed by atoms with van der Waals surface area (Å²) in [5, 5.41) is 3.74. The van der Waals surface area contributed by atoms with Crippen molar-refractivity contribution in [2.75, 3.05) is 37.1 Å². The lowest BCUT2D eigenvalue weighted by molar-refractivity contribution is -0.146. The van der Waals surface area contributed by atoms with E-state index in [0.29, 0.717) is 24.0 Å². The molecule has 1 N–H and O–H groups in total. The number of amides is 1. The topological polar surface area (TPSA) is 52.7 Å². The minimum Gasteiger partial charge on any atom is -0.324 e. The van der Waals surface area contributed by atoms with E-state index in [1.54, 1.807) is 6.07 Å².